The maximum atomic E-state index is 14.1. The summed E-state index contributed by atoms with van der Waals surface area (Å²) < 4.78 is 49.8. The highest BCUT2D eigenvalue weighted by Gasteiger charge is 2.37. The molecule has 1 aliphatic rings. The number of benzene rings is 2. The van der Waals surface area contributed by atoms with Crippen LogP contribution in [0.3, 0.4) is 0 Å². The second-order valence-electron chi connectivity index (χ2n) is 14.3. The van der Waals surface area contributed by atoms with Gasteiger partial charge < -0.3 is 34.7 Å². The number of carbonyl (C=O) groups is 3. The second kappa shape index (κ2) is 17.1. The molecule has 11 nitrogen and oxygen atoms in total. The Morgan fingerprint density at radius 2 is 1.65 bits per heavy atom. The summed E-state index contributed by atoms with van der Waals surface area (Å²) in [4.78, 5) is 46.6. The Kier molecular flexibility index (Phi) is 13.1. The summed E-state index contributed by atoms with van der Waals surface area (Å²) in [6, 6.07) is 12.7. The Hall–Kier alpha value is -4.59. The molecule has 51 heavy (non-hydrogen) atoms. The van der Waals surface area contributed by atoms with E-state index >= 15 is 0 Å². The zero-order valence-corrected chi connectivity index (χ0v) is 29.6. The van der Waals surface area contributed by atoms with Crippen LogP contribution in [-0.2, 0) is 27.2 Å². The third-order valence-electron chi connectivity index (χ3n) is 8.65. The summed E-state index contributed by atoms with van der Waals surface area (Å²) in [7, 11) is 0. The van der Waals surface area contributed by atoms with Crippen LogP contribution in [0.15, 0.2) is 73.3 Å². The van der Waals surface area contributed by atoms with Crippen molar-refractivity contribution in [2.75, 3.05) is 13.1 Å². The summed E-state index contributed by atoms with van der Waals surface area (Å²) in [6.45, 7) is 9.77. The molecule has 1 aliphatic heterocycles. The third kappa shape index (κ3) is 12.3. The van der Waals surface area contributed by atoms with Crippen molar-refractivity contribution in [3.8, 4) is 5.75 Å². The van der Waals surface area contributed by atoms with Gasteiger partial charge in [-0.25, -0.2) is 9.78 Å². The van der Waals surface area contributed by atoms with E-state index in [4.69, 9.17) is 4.74 Å². The molecule has 0 radical (unpaired) electrons. The number of aromatic nitrogens is 2. The van der Waals surface area contributed by atoms with E-state index in [-0.39, 0.29) is 37.1 Å². The molecule has 5 atom stereocenters. The number of amides is 3. The van der Waals surface area contributed by atoms with Gasteiger partial charge in [0.2, 0.25) is 11.8 Å². The van der Waals surface area contributed by atoms with Crippen molar-refractivity contribution in [2.24, 2.45) is 11.8 Å². The molecule has 3 unspecified atom stereocenters. The topological polar surface area (TPSA) is 135 Å². The summed E-state index contributed by atoms with van der Waals surface area (Å²) in [5.41, 5.74) is 0.527. The molecule has 4 rings (SSSR count). The largest absolute Gasteiger partial charge is 0.573 e. The first-order chi connectivity index (χ1) is 24.0. The first kappa shape index (κ1) is 39.2. The van der Waals surface area contributed by atoms with E-state index in [1.54, 1.807) is 38.2 Å². The van der Waals surface area contributed by atoms with Crippen LogP contribution in [0.2, 0.25) is 0 Å². The zero-order chi connectivity index (χ0) is 37.3. The molecule has 278 valence electrons. The molecule has 14 heteroatoms. The average Bonchev–Trinajstić information content (AvgIpc) is 3.75. The summed E-state index contributed by atoms with van der Waals surface area (Å²) in [5.74, 6) is -2.39. The molecule has 1 aromatic heterocycles. The van der Waals surface area contributed by atoms with Gasteiger partial charge in [-0.15, -0.1) is 13.2 Å². The molecule has 0 bridgehead atoms. The van der Waals surface area contributed by atoms with Crippen LogP contribution < -0.4 is 15.4 Å². The number of alkyl carbamates (subject to hydrolysis) is 1. The van der Waals surface area contributed by atoms with E-state index in [1.165, 1.54) is 12.1 Å². The maximum Gasteiger partial charge on any atom is 0.573 e. The van der Waals surface area contributed by atoms with Crippen molar-refractivity contribution in [2.45, 2.75) is 96.5 Å². The molecule has 3 amide bonds. The van der Waals surface area contributed by atoms with Gasteiger partial charge in [-0.1, -0.05) is 56.3 Å². The van der Waals surface area contributed by atoms with Crippen LogP contribution in [0.1, 0.15) is 64.6 Å². The standard InChI is InChI=1S/C37H48F3N5O6/c1-24(2)32(34(48)44-17-15-28(22-44)45-18-16-41-23-45)43-33(47)27(19-26-11-13-29(14-12-26)50-37(38,39)40)21-31(46)30(20-25-9-7-6-8-10-25)42-35(49)51-36(3,4)5/h6-14,16,18,23-24,27-28,30-32,46H,15,17,19-22H2,1-5H3,(H,42,49)(H,43,47)/t27?,28-,30?,31?,32+/m1/s1. The smallest absolute Gasteiger partial charge is 0.444 e. The van der Waals surface area contributed by atoms with Gasteiger partial charge in [-0.2, -0.15) is 0 Å². The number of imidazole rings is 1. The lowest BCUT2D eigenvalue weighted by atomic mass is 9.88. The van der Waals surface area contributed by atoms with Gasteiger partial charge in [0.25, 0.3) is 0 Å². The quantitative estimate of drug-likeness (QED) is 0.202. The lowest BCUT2D eigenvalue weighted by Crippen LogP contribution is -2.53. The maximum absolute atomic E-state index is 14.1. The van der Waals surface area contributed by atoms with Crippen LogP contribution in [0.5, 0.6) is 5.75 Å². The molecule has 2 aromatic carbocycles. The molecule has 3 aromatic rings. The molecule has 0 spiro atoms. The van der Waals surface area contributed by atoms with Crippen molar-refractivity contribution in [1.29, 1.82) is 0 Å². The fraction of sp³-hybridized carbons (Fsp3) is 0.514. The molecule has 2 heterocycles. The Labute approximate surface area is 296 Å². The number of nitrogens with zero attached hydrogens (tertiary/aromatic N) is 3. The summed E-state index contributed by atoms with van der Waals surface area (Å²) in [5, 5.41) is 17.3. The van der Waals surface area contributed by atoms with E-state index in [9.17, 15) is 32.7 Å². The predicted octanol–water partition coefficient (Wildman–Crippen LogP) is 5.44. The summed E-state index contributed by atoms with van der Waals surface area (Å²) in [6.07, 6.45) is -0.803. The number of alkyl halides is 3. The molecule has 3 N–H and O–H groups in total. The number of likely N-dealkylation sites (tertiary alicyclic amines) is 1. The molecule has 1 fully saturated rings. The number of hydrogen-bond donors (Lipinski definition) is 3. The fourth-order valence-corrected chi connectivity index (χ4v) is 6.11. The van der Waals surface area contributed by atoms with E-state index in [2.05, 4.69) is 20.4 Å². The highest BCUT2D eigenvalue weighted by atomic mass is 19.4. The van der Waals surface area contributed by atoms with Crippen LogP contribution in [0.4, 0.5) is 18.0 Å². The molecule has 0 saturated carbocycles. The number of carbonyl (C=O) groups excluding carboxylic acids is 3. The molecular formula is C37H48F3N5O6. The lowest BCUT2D eigenvalue weighted by molar-refractivity contribution is -0.274. The number of aliphatic hydroxyl groups excluding tert-OH is 1. The highest BCUT2D eigenvalue weighted by molar-refractivity contribution is 5.89. The number of nitrogens with one attached hydrogen (secondary N) is 2. The monoisotopic (exact) mass is 715 g/mol. The lowest BCUT2D eigenvalue weighted by Gasteiger charge is -2.31. The second-order valence-corrected chi connectivity index (χ2v) is 14.3. The third-order valence-corrected chi connectivity index (χ3v) is 8.65. The van der Waals surface area contributed by atoms with Crippen molar-refractivity contribution >= 4 is 17.9 Å². The molecule has 1 saturated heterocycles. The minimum absolute atomic E-state index is 0.0190. The SMILES string of the molecule is CC(C)[C@H](NC(=O)C(Cc1ccc(OC(F)(F)F)cc1)CC(O)C(Cc1ccccc1)NC(=O)OC(C)(C)C)C(=O)N1CC[C@@H](n2ccnc2)C1. The van der Waals surface area contributed by atoms with Gasteiger partial charge in [0.15, 0.2) is 0 Å². The minimum Gasteiger partial charge on any atom is -0.444 e. The van der Waals surface area contributed by atoms with Crippen LogP contribution in [-0.4, -0.2) is 80.7 Å². The minimum atomic E-state index is -4.87. The van der Waals surface area contributed by atoms with Gasteiger partial charge in [-0.3, -0.25) is 9.59 Å². The van der Waals surface area contributed by atoms with E-state index in [0.29, 0.717) is 18.7 Å². The first-order valence-corrected chi connectivity index (χ1v) is 17.1. The Bertz CT molecular complexity index is 1560. The Morgan fingerprint density at radius 3 is 2.24 bits per heavy atom. The zero-order valence-electron chi connectivity index (χ0n) is 29.6. The fourth-order valence-electron chi connectivity index (χ4n) is 6.11. The first-order valence-electron chi connectivity index (χ1n) is 17.1. The molecule has 0 aliphatic carbocycles. The van der Waals surface area contributed by atoms with E-state index in [1.807, 2.05) is 54.9 Å². The highest BCUT2D eigenvalue weighted by Crippen LogP contribution is 2.26. The average molecular weight is 716 g/mol. The van der Waals surface area contributed by atoms with Gasteiger partial charge in [-0.05, 0) is 75.6 Å². The van der Waals surface area contributed by atoms with E-state index in [0.717, 1.165) is 24.1 Å². The van der Waals surface area contributed by atoms with Crippen molar-refractivity contribution in [3.05, 3.63) is 84.4 Å². The van der Waals surface area contributed by atoms with Crippen LogP contribution in [0, 0.1) is 11.8 Å². The van der Waals surface area contributed by atoms with Gasteiger partial charge in [0, 0.05) is 31.4 Å². The number of hydrogen-bond acceptors (Lipinski definition) is 7. The van der Waals surface area contributed by atoms with Gasteiger partial charge >= 0.3 is 12.5 Å². The van der Waals surface area contributed by atoms with Crippen molar-refractivity contribution in [3.63, 3.8) is 0 Å². The van der Waals surface area contributed by atoms with Gasteiger partial charge in [0.05, 0.1) is 24.5 Å². The van der Waals surface area contributed by atoms with E-state index < -0.39 is 53.8 Å². The summed E-state index contributed by atoms with van der Waals surface area (Å²) >= 11 is 0. The number of halogens is 3. The van der Waals surface area contributed by atoms with Crippen LogP contribution in [0.25, 0.3) is 0 Å². The Balaban J connectivity index is 1.56. The van der Waals surface area contributed by atoms with Crippen molar-refractivity contribution < 1.29 is 42.1 Å². The number of aliphatic hydroxyl groups is 1. The number of rotatable bonds is 14. The van der Waals surface area contributed by atoms with Gasteiger partial charge in [0.1, 0.15) is 17.4 Å². The molecular weight excluding hydrogens is 667 g/mol. The van der Waals surface area contributed by atoms with Crippen molar-refractivity contribution in [1.82, 2.24) is 25.1 Å². The number of ether oxygens (including phenoxy) is 2. The Morgan fingerprint density at radius 1 is 0.980 bits per heavy atom. The predicted molar refractivity (Wildman–Crippen MR) is 183 cm³/mol. The normalized spacial score (nSPS) is 17.4. The van der Waals surface area contributed by atoms with Crippen LogP contribution >= 0.6 is 0 Å².